The quantitative estimate of drug-likeness (QED) is 0.920. The predicted molar refractivity (Wildman–Crippen MR) is 62.8 cm³/mol. The van der Waals surface area contributed by atoms with Crippen LogP contribution in [0.4, 0.5) is 13.2 Å². The predicted octanol–water partition coefficient (Wildman–Crippen LogP) is 3.94. The fraction of sp³-hybridized carbons (Fsp3) is 0.250. The molecule has 1 aromatic carbocycles. The van der Waals surface area contributed by atoms with Crippen LogP contribution < -0.4 is 0 Å². The van der Waals surface area contributed by atoms with Crippen LogP contribution in [0.1, 0.15) is 16.9 Å². The molecule has 6 heteroatoms. The number of carboxylic acid groups (broad SMARTS) is 1. The zero-order valence-corrected chi connectivity index (χ0v) is 9.94. The molecule has 96 valence electrons. The van der Waals surface area contributed by atoms with Gasteiger partial charge in [-0.15, -0.1) is 11.3 Å². The number of benzene rings is 1. The summed E-state index contributed by atoms with van der Waals surface area (Å²) in [5.41, 5.74) is 0.733. The number of aryl methyl sites for hydroxylation is 1. The number of fused-ring (bicyclic) bond motifs is 1. The van der Waals surface area contributed by atoms with E-state index < -0.39 is 17.0 Å². The van der Waals surface area contributed by atoms with Gasteiger partial charge in [0.2, 0.25) is 0 Å². The lowest BCUT2D eigenvalue weighted by Gasteiger charge is -1.99. The molecule has 2 nitrogen and oxygen atoms in total. The van der Waals surface area contributed by atoms with Crippen molar-refractivity contribution in [3.63, 3.8) is 0 Å². The number of alkyl halides is 3. The molecule has 0 atom stereocenters. The van der Waals surface area contributed by atoms with E-state index in [1.807, 2.05) is 0 Å². The van der Waals surface area contributed by atoms with Crippen LogP contribution in [-0.4, -0.2) is 11.1 Å². The van der Waals surface area contributed by atoms with Crippen molar-refractivity contribution >= 4 is 27.4 Å². The molecule has 0 spiro atoms. The summed E-state index contributed by atoms with van der Waals surface area (Å²) in [4.78, 5) is 9.79. The third-order valence-corrected chi connectivity index (χ3v) is 3.65. The molecule has 0 saturated heterocycles. The molecule has 0 radical (unpaired) electrons. The monoisotopic (exact) mass is 274 g/mol. The van der Waals surface area contributed by atoms with Crippen LogP contribution in [0.2, 0.25) is 0 Å². The van der Waals surface area contributed by atoms with Gasteiger partial charge in [-0.25, -0.2) is 0 Å². The normalized spacial score (nSPS) is 11.9. The first-order chi connectivity index (χ1) is 8.36. The second-order valence-electron chi connectivity index (χ2n) is 3.87. The molecule has 0 aliphatic carbocycles. The number of hydrogen-bond donors (Lipinski definition) is 1. The van der Waals surface area contributed by atoms with Crippen molar-refractivity contribution in [3.05, 3.63) is 34.7 Å². The summed E-state index contributed by atoms with van der Waals surface area (Å²) >= 11 is 0.696. The van der Waals surface area contributed by atoms with Gasteiger partial charge in [-0.05, 0) is 29.5 Å². The summed E-state index contributed by atoms with van der Waals surface area (Å²) in [6.07, 6.45) is -4.03. The van der Waals surface area contributed by atoms with Gasteiger partial charge in [-0.2, -0.15) is 13.2 Å². The van der Waals surface area contributed by atoms with Crippen LogP contribution in [0.25, 0.3) is 10.1 Å². The largest absolute Gasteiger partial charge is 0.481 e. The highest BCUT2D eigenvalue weighted by atomic mass is 32.1. The molecule has 0 bridgehead atoms. The van der Waals surface area contributed by atoms with E-state index in [2.05, 4.69) is 0 Å². The minimum absolute atomic E-state index is 0.0260. The third kappa shape index (κ3) is 2.81. The summed E-state index contributed by atoms with van der Waals surface area (Å²) in [5, 5.41) is 9.06. The van der Waals surface area contributed by atoms with Gasteiger partial charge in [-0.1, -0.05) is 12.1 Å². The maximum absolute atomic E-state index is 12.5. The Bertz CT molecular complexity index is 587. The fourth-order valence-electron chi connectivity index (χ4n) is 1.64. The first kappa shape index (κ1) is 12.9. The Labute approximate surface area is 105 Å². The van der Waals surface area contributed by atoms with Crippen molar-refractivity contribution in [1.29, 1.82) is 0 Å². The first-order valence-electron chi connectivity index (χ1n) is 5.18. The SMILES string of the molecule is O=C(O)CCc1ccc2sc(C(F)(F)F)cc2c1. The molecule has 2 rings (SSSR count). The molecule has 0 saturated carbocycles. The molecule has 0 unspecified atom stereocenters. The van der Waals surface area contributed by atoms with Crippen molar-refractivity contribution in [3.8, 4) is 0 Å². The lowest BCUT2D eigenvalue weighted by Crippen LogP contribution is -2.00. The maximum atomic E-state index is 12.5. The smallest absolute Gasteiger partial charge is 0.425 e. The van der Waals surface area contributed by atoms with Gasteiger partial charge in [0, 0.05) is 11.1 Å². The summed E-state index contributed by atoms with van der Waals surface area (Å²) in [6, 6.07) is 5.99. The Morgan fingerprint density at radius 3 is 2.61 bits per heavy atom. The average molecular weight is 274 g/mol. The van der Waals surface area contributed by atoms with E-state index in [1.54, 1.807) is 18.2 Å². The topological polar surface area (TPSA) is 37.3 Å². The molecule has 0 aliphatic heterocycles. The van der Waals surface area contributed by atoms with Gasteiger partial charge < -0.3 is 5.11 Å². The van der Waals surface area contributed by atoms with E-state index in [1.165, 1.54) is 0 Å². The third-order valence-electron chi connectivity index (χ3n) is 2.49. The van der Waals surface area contributed by atoms with Crippen molar-refractivity contribution in [2.45, 2.75) is 19.0 Å². The molecule has 0 fully saturated rings. The number of halogens is 3. The zero-order chi connectivity index (χ0) is 13.3. The lowest BCUT2D eigenvalue weighted by molar-refractivity contribution is -0.137. The first-order valence-corrected chi connectivity index (χ1v) is 5.99. The number of carboxylic acids is 1. The summed E-state index contributed by atoms with van der Waals surface area (Å²) in [5.74, 6) is -0.920. The van der Waals surface area contributed by atoms with Crippen molar-refractivity contribution in [2.75, 3.05) is 0 Å². The fourth-order valence-corrected chi connectivity index (χ4v) is 2.55. The van der Waals surface area contributed by atoms with Crippen LogP contribution in [0.3, 0.4) is 0 Å². The van der Waals surface area contributed by atoms with Crippen LogP contribution >= 0.6 is 11.3 Å². The van der Waals surface area contributed by atoms with Gasteiger partial charge >= 0.3 is 12.1 Å². The van der Waals surface area contributed by atoms with Crippen LogP contribution in [0.15, 0.2) is 24.3 Å². The average Bonchev–Trinajstić information content (AvgIpc) is 2.68. The molecule has 1 aromatic heterocycles. The van der Waals surface area contributed by atoms with Gasteiger partial charge in [0.15, 0.2) is 0 Å². The van der Waals surface area contributed by atoms with E-state index in [-0.39, 0.29) is 6.42 Å². The summed E-state index contributed by atoms with van der Waals surface area (Å²) in [6.45, 7) is 0. The second-order valence-corrected chi connectivity index (χ2v) is 4.96. The van der Waals surface area contributed by atoms with Crippen molar-refractivity contribution in [2.24, 2.45) is 0 Å². The van der Waals surface area contributed by atoms with Gasteiger partial charge in [0.05, 0.1) is 0 Å². The summed E-state index contributed by atoms with van der Waals surface area (Å²) < 4.78 is 38.1. The van der Waals surface area contributed by atoms with Crippen LogP contribution in [-0.2, 0) is 17.4 Å². The second kappa shape index (κ2) is 4.61. The Balaban J connectivity index is 2.31. The van der Waals surface area contributed by atoms with Crippen LogP contribution in [0, 0.1) is 0 Å². The zero-order valence-electron chi connectivity index (χ0n) is 9.12. The Morgan fingerprint density at radius 2 is 2.00 bits per heavy atom. The molecule has 0 amide bonds. The van der Waals surface area contributed by atoms with Crippen molar-refractivity contribution < 1.29 is 23.1 Å². The van der Waals surface area contributed by atoms with Gasteiger partial charge in [0.25, 0.3) is 0 Å². The van der Waals surface area contributed by atoms with E-state index in [0.717, 1.165) is 11.6 Å². The molecule has 1 heterocycles. The number of thiophene rings is 1. The highest BCUT2D eigenvalue weighted by molar-refractivity contribution is 7.19. The van der Waals surface area contributed by atoms with E-state index >= 15 is 0 Å². The number of rotatable bonds is 3. The highest BCUT2D eigenvalue weighted by Crippen LogP contribution is 2.38. The lowest BCUT2D eigenvalue weighted by atomic mass is 10.1. The van der Waals surface area contributed by atoms with Gasteiger partial charge in [0.1, 0.15) is 4.88 Å². The minimum Gasteiger partial charge on any atom is -0.481 e. The molecular formula is C12H9F3O2S. The number of carbonyl (C=O) groups is 1. The molecule has 2 aromatic rings. The molecule has 1 N–H and O–H groups in total. The molecule has 0 aliphatic rings. The molecular weight excluding hydrogens is 265 g/mol. The highest BCUT2D eigenvalue weighted by Gasteiger charge is 2.32. The Morgan fingerprint density at radius 1 is 1.28 bits per heavy atom. The number of aliphatic carboxylic acids is 1. The Kier molecular flexibility index (Phi) is 3.30. The number of hydrogen-bond acceptors (Lipinski definition) is 2. The van der Waals surface area contributed by atoms with E-state index in [4.69, 9.17) is 5.11 Å². The standard InChI is InChI=1S/C12H9F3O2S/c13-12(14,15)10-6-8-5-7(2-4-11(16)17)1-3-9(8)18-10/h1,3,5-6H,2,4H2,(H,16,17). The Hall–Kier alpha value is -1.56. The maximum Gasteiger partial charge on any atom is 0.425 e. The van der Waals surface area contributed by atoms with Crippen molar-refractivity contribution in [1.82, 2.24) is 0 Å². The van der Waals surface area contributed by atoms with Crippen LogP contribution in [0.5, 0.6) is 0 Å². The van der Waals surface area contributed by atoms with E-state index in [9.17, 15) is 18.0 Å². The summed E-state index contributed by atoms with van der Waals surface area (Å²) in [7, 11) is 0. The molecule has 18 heavy (non-hydrogen) atoms. The van der Waals surface area contributed by atoms with Gasteiger partial charge in [-0.3, -0.25) is 4.79 Å². The minimum atomic E-state index is -4.33. The van der Waals surface area contributed by atoms with E-state index in [0.29, 0.717) is 27.8 Å².